The average molecular weight is 731 g/mol. The van der Waals surface area contributed by atoms with Crippen LogP contribution in [0.15, 0.2) is 54.6 Å². The molecule has 7 N–H and O–H groups in total. The SMILES string of the molecule is Cn1c(C(=O)N[C@H]2CCCCC3CC[C@@H](C(=O)NC(CCC(N)=O)C(=O)NCc4ccccc4)N3C2=O)cc2cc(C(F)(F)P(=O)(O)O)ccc21. The van der Waals surface area contributed by atoms with E-state index in [9.17, 15) is 37.3 Å². The number of hydrogen-bond acceptors (Lipinski definition) is 6. The lowest BCUT2D eigenvalue weighted by Crippen LogP contribution is -2.58. The number of nitrogens with zero attached hydrogens (tertiary/aromatic N) is 2. The van der Waals surface area contributed by atoms with Gasteiger partial charge in [0.15, 0.2) is 0 Å². The first-order valence-corrected chi connectivity index (χ1v) is 18.3. The van der Waals surface area contributed by atoms with Gasteiger partial charge < -0.3 is 40.9 Å². The number of fused-ring (bicyclic) bond motifs is 2. The van der Waals surface area contributed by atoms with Crippen molar-refractivity contribution in [1.29, 1.82) is 0 Å². The van der Waals surface area contributed by atoms with Crippen LogP contribution in [0.1, 0.15) is 73.0 Å². The first kappa shape index (κ1) is 37.6. The van der Waals surface area contributed by atoms with Crippen LogP contribution in [0.25, 0.3) is 10.9 Å². The van der Waals surface area contributed by atoms with Gasteiger partial charge in [-0.25, -0.2) is 0 Å². The van der Waals surface area contributed by atoms with Gasteiger partial charge in [-0.1, -0.05) is 49.2 Å². The maximum atomic E-state index is 14.4. The number of alkyl halides is 2. The second kappa shape index (κ2) is 15.3. The molecule has 274 valence electrons. The molecule has 3 heterocycles. The molecule has 2 saturated heterocycles. The molecule has 5 rings (SSSR count). The Bertz CT molecular complexity index is 1870. The number of nitrogens with one attached hydrogen (secondary N) is 3. The minimum absolute atomic E-state index is 0.0163. The number of primary amides is 1. The highest BCUT2D eigenvalue weighted by molar-refractivity contribution is 7.52. The largest absolute Gasteiger partial charge is 0.399 e. The van der Waals surface area contributed by atoms with E-state index in [0.717, 1.165) is 24.1 Å². The van der Waals surface area contributed by atoms with Crippen molar-refractivity contribution in [1.82, 2.24) is 25.4 Å². The number of aryl methyl sites for hydroxylation is 1. The Morgan fingerprint density at radius 1 is 1.02 bits per heavy atom. The van der Waals surface area contributed by atoms with Gasteiger partial charge >= 0.3 is 13.3 Å². The lowest BCUT2D eigenvalue weighted by atomic mass is 9.98. The summed E-state index contributed by atoms with van der Waals surface area (Å²) in [6.45, 7) is 0.192. The summed E-state index contributed by atoms with van der Waals surface area (Å²) in [5, 5.41) is 8.37. The lowest BCUT2D eigenvalue weighted by Gasteiger charge is -2.35. The van der Waals surface area contributed by atoms with Gasteiger partial charge in [-0.2, -0.15) is 8.78 Å². The molecule has 2 unspecified atom stereocenters. The summed E-state index contributed by atoms with van der Waals surface area (Å²) in [5.74, 6) is -2.89. The zero-order valence-electron chi connectivity index (χ0n) is 27.9. The standard InChI is InChI=1S/C34H41F2N6O8P/c1-41-26-14-11-22(34(35,36)51(48,49)50)17-21(26)18-28(41)32(46)40-25-10-6-5-9-23-12-15-27(42(23)33(25)47)31(45)39-24(13-16-29(37)43)30(44)38-19-20-7-3-2-4-8-20/h2-4,7-8,11,14,17-18,23-25,27H,5-6,9-10,12-13,15-16,19H2,1H3,(H2,37,43)(H,38,44)(H,39,45)(H,40,46)(H2,48,49,50)/t23?,24?,25-,27-/m0/s1. The molecule has 3 aromatic rings. The molecular formula is C34H41F2N6O8P. The molecule has 0 bridgehead atoms. The topological polar surface area (TPSA) is 213 Å². The Labute approximate surface area is 292 Å². The Morgan fingerprint density at radius 3 is 2.41 bits per heavy atom. The summed E-state index contributed by atoms with van der Waals surface area (Å²) in [6, 6.07) is 10.1. The molecule has 0 spiro atoms. The fourth-order valence-corrected chi connectivity index (χ4v) is 7.28. The predicted octanol–water partition coefficient (Wildman–Crippen LogP) is 2.50. The van der Waals surface area contributed by atoms with Crippen LogP contribution >= 0.6 is 7.60 Å². The molecule has 1 aromatic heterocycles. The number of hydrogen-bond donors (Lipinski definition) is 6. The van der Waals surface area contributed by atoms with E-state index in [1.54, 1.807) is 0 Å². The fourth-order valence-electron chi connectivity index (χ4n) is 6.81. The third-order valence-electron chi connectivity index (χ3n) is 9.55. The van der Waals surface area contributed by atoms with Crippen LogP contribution in [-0.2, 0) is 43.0 Å². The smallest absolute Gasteiger partial charge is 0.370 e. The second-order valence-corrected chi connectivity index (χ2v) is 14.7. The van der Waals surface area contributed by atoms with Gasteiger partial charge in [-0.05, 0) is 55.9 Å². The first-order valence-electron chi connectivity index (χ1n) is 16.6. The zero-order chi connectivity index (χ0) is 37.1. The fraction of sp³-hybridized carbons (Fsp3) is 0.441. The summed E-state index contributed by atoms with van der Waals surface area (Å²) >= 11 is 0. The lowest BCUT2D eigenvalue weighted by molar-refractivity contribution is -0.143. The Hall–Kier alpha value is -4.66. The molecule has 2 fully saturated rings. The van der Waals surface area contributed by atoms with E-state index in [2.05, 4.69) is 16.0 Å². The minimum Gasteiger partial charge on any atom is -0.370 e. The van der Waals surface area contributed by atoms with E-state index in [4.69, 9.17) is 15.5 Å². The van der Waals surface area contributed by atoms with Crippen LogP contribution in [0.3, 0.4) is 0 Å². The highest BCUT2D eigenvalue weighted by Gasteiger charge is 2.50. The summed E-state index contributed by atoms with van der Waals surface area (Å²) in [5.41, 5.74) is 1.17. The number of nitrogens with two attached hydrogens (primary N) is 1. The van der Waals surface area contributed by atoms with Gasteiger partial charge in [0.05, 0.1) is 0 Å². The maximum absolute atomic E-state index is 14.4. The third-order valence-corrected chi connectivity index (χ3v) is 10.5. The van der Waals surface area contributed by atoms with Gasteiger partial charge in [0.2, 0.25) is 23.6 Å². The van der Waals surface area contributed by atoms with Gasteiger partial charge in [0.25, 0.3) is 5.91 Å². The zero-order valence-corrected chi connectivity index (χ0v) is 28.8. The van der Waals surface area contributed by atoms with Crippen LogP contribution in [-0.4, -0.2) is 73.0 Å². The number of halogens is 2. The molecule has 5 amide bonds. The van der Waals surface area contributed by atoms with Crippen molar-refractivity contribution in [2.24, 2.45) is 12.8 Å². The summed E-state index contributed by atoms with van der Waals surface area (Å²) in [4.78, 5) is 85.9. The van der Waals surface area contributed by atoms with Gasteiger partial charge in [0.1, 0.15) is 23.8 Å². The normalized spacial score (nSPS) is 20.2. The summed E-state index contributed by atoms with van der Waals surface area (Å²) in [6.07, 6.45) is 2.90. The van der Waals surface area contributed by atoms with Crippen molar-refractivity contribution >= 4 is 48.0 Å². The average Bonchev–Trinajstić information content (AvgIpc) is 3.66. The molecule has 17 heteroatoms. The minimum atomic E-state index is -5.82. The van der Waals surface area contributed by atoms with E-state index in [-0.39, 0.29) is 42.9 Å². The van der Waals surface area contributed by atoms with Crippen LogP contribution in [0.2, 0.25) is 0 Å². The number of carbonyl (C=O) groups excluding carboxylic acids is 5. The molecule has 0 radical (unpaired) electrons. The van der Waals surface area contributed by atoms with Crippen LogP contribution in [0, 0.1) is 0 Å². The predicted molar refractivity (Wildman–Crippen MR) is 181 cm³/mol. The van der Waals surface area contributed by atoms with Crippen molar-refractivity contribution in [3.8, 4) is 0 Å². The Morgan fingerprint density at radius 2 is 1.73 bits per heavy atom. The van der Waals surface area contributed by atoms with Gasteiger partial charge in [0, 0.05) is 42.5 Å². The van der Waals surface area contributed by atoms with Gasteiger partial charge in [-0.3, -0.25) is 28.5 Å². The quantitative estimate of drug-likeness (QED) is 0.152. The summed E-state index contributed by atoms with van der Waals surface area (Å²) < 4.78 is 41.6. The molecular weight excluding hydrogens is 689 g/mol. The number of rotatable bonds is 12. The monoisotopic (exact) mass is 730 g/mol. The molecule has 51 heavy (non-hydrogen) atoms. The van der Waals surface area contributed by atoms with Crippen molar-refractivity contribution in [3.05, 3.63) is 71.4 Å². The molecule has 0 aliphatic carbocycles. The van der Waals surface area contributed by atoms with Crippen LogP contribution in [0.4, 0.5) is 8.78 Å². The third kappa shape index (κ3) is 8.29. The molecule has 14 nitrogen and oxygen atoms in total. The number of carbonyl (C=O) groups is 5. The molecule has 0 saturated carbocycles. The van der Waals surface area contributed by atoms with Crippen molar-refractivity contribution in [2.75, 3.05) is 0 Å². The van der Waals surface area contributed by atoms with E-state index in [1.807, 2.05) is 30.3 Å². The summed E-state index contributed by atoms with van der Waals surface area (Å²) in [7, 11) is -4.30. The number of amides is 5. The van der Waals surface area contributed by atoms with E-state index >= 15 is 0 Å². The molecule has 2 aliphatic heterocycles. The molecule has 4 atom stereocenters. The highest BCUT2D eigenvalue weighted by atomic mass is 31.2. The Balaban J connectivity index is 1.32. The molecule has 2 aromatic carbocycles. The van der Waals surface area contributed by atoms with E-state index in [0.29, 0.717) is 31.2 Å². The maximum Gasteiger partial charge on any atom is 0.399 e. The number of aromatic nitrogens is 1. The number of benzene rings is 2. The highest BCUT2D eigenvalue weighted by Crippen LogP contribution is 2.59. The van der Waals surface area contributed by atoms with Gasteiger partial charge in [-0.15, -0.1) is 0 Å². The van der Waals surface area contributed by atoms with Crippen molar-refractivity contribution in [3.63, 3.8) is 0 Å². The van der Waals surface area contributed by atoms with E-state index in [1.165, 1.54) is 28.6 Å². The van der Waals surface area contributed by atoms with Crippen LogP contribution < -0.4 is 21.7 Å². The first-order chi connectivity index (χ1) is 24.1. The van der Waals surface area contributed by atoms with Crippen LogP contribution in [0.5, 0.6) is 0 Å². The second-order valence-electron chi connectivity index (χ2n) is 13.0. The van der Waals surface area contributed by atoms with Crippen molar-refractivity contribution in [2.45, 2.75) is 87.7 Å². The Kier molecular flexibility index (Phi) is 11.3. The van der Waals surface area contributed by atoms with Crippen molar-refractivity contribution < 1.29 is 47.1 Å². The molecule has 2 aliphatic rings. The van der Waals surface area contributed by atoms with E-state index < -0.39 is 66.5 Å².